The van der Waals surface area contributed by atoms with E-state index in [1.54, 1.807) is 6.07 Å². The van der Waals surface area contributed by atoms with Gasteiger partial charge in [0.05, 0.1) is 5.02 Å². The number of rotatable bonds is 2. The summed E-state index contributed by atoms with van der Waals surface area (Å²) < 4.78 is 0. The molecule has 0 aromatic heterocycles. The van der Waals surface area contributed by atoms with E-state index in [1.165, 1.54) is 31.4 Å². The van der Waals surface area contributed by atoms with Gasteiger partial charge in [0.2, 0.25) is 0 Å². The molecule has 0 aliphatic carbocycles. The highest BCUT2D eigenvalue weighted by molar-refractivity contribution is 6.32. The molecule has 1 aromatic rings. The maximum Gasteiger partial charge on any atom is 0.134 e. The highest BCUT2D eigenvalue weighted by Gasteiger charge is 2.18. The van der Waals surface area contributed by atoms with Crippen molar-refractivity contribution in [3.05, 3.63) is 28.8 Å². The summed E-state index contributed by atoms with van der Waals surface area (Å²) in [6.07, 6.45) is 3.91. The van der Waals surface area contributed by atoms with Gasteiger partial charge in [-0.1, -0.05) is 24.1 Å². The molecule has 2 rings (SSSR count). The average molecular weight is 240 g/mol. The summed E-state index contributed by atoms with van der Waals surface area (Å²) in [6, 6.07) is 6.13. The maximum absolute atomic E-state index is 9.36. The SMILES string of the molecule is CC1CCCCN1Cc1ccc(O)c(Cl)c1. The second-order valence-electron chi connectivity index (χ2n) is 4.60. The Hall–Kier alpha value is -0.730. The number of nitrogens with zero attached hydrogens (tertiary/aromatic N) is 1. The zero-order valence-electron chi connectivity index (χ0n) is 9.62. The lowest BCUT2D eigenvalue weighted by Crippen LogP contribution is -2.36. The molecule has 1 aliphatic rings. The monoisotopic (exact) mass is 239 g/mol. The third-order valence-electron chi connectivity index (χ3n) is 3.34. The number of phenolic OH excluding ortho intramolecular Hbond substituents is 1. The summed E-state index contributed by atoms with van der Waals surface area (Å²) in [5, 5.41) is 9.80. The van der Waals surface area contributed by atoms with Gasteiger partial charge >= 0.3 is 0 Å². The quantitative estimate of drug-likeness (QED) is 0.855. The number of piperidine rings is 1. The van der Waals surface area contributed by atoms with Gasteiger partial charge in [-0.25, -0.2) is 0 Å². The number of aromatic hydroxyl groups is 1. The van der Waals surface area contributed by atoms with Crippen molar-refractivity contribution < 1.29 is 5.11 Å². The Kier molecular flexibility index (Phi) is 3.72. The van der Waals surface area contributed by atoms with Crippen LogP contribution in [0.1, 0.15) is 31.7 Å². The molecule has 0 saturated carbocycles. The van der Waals surface area contributed by atoms with Gasteiger partial charge in [-0.15, -0.1) is 0 Å². The Morgan fingerprint density at radius 1 is 1.44 bits per heavy atom. The van der Waals surface area contributed by atoms with Crippen molar-refractivity contribution in [1.82, 2.24) is 4.90 Å². The number of hydrogen-bond acceptors (Lipinski definition) is 2. The van der Waals surface area contributed by atoms with Crippen LogP contribution < -0.4 is 0 Å². The molecule has 1 fully saturated rings. The zero-order valence-corrected chi connectivity index (χ0v) is 10.4. The lowest BCUT2D eigenvalue weighted by atomic mass is 10.0. The first-order chi connectivity index (χ1) is 7.66. The van der Waals surface area contributed by atoms with Crippen LogP contribution in [0.3, 0.4) is 0 Å². The molecule has 1 atom stereocenters. The summed E-state index contributed by atoms with van der Waals surface area (Å²) in [4.78, 5) is 2.48. The van der Waals surface area contributed by atoms with E-state index in [0.29, 0.717) is 11.1 Å². The van der Waals surface area contributed by atoms with E-state index in [4.69, 9.17) is 11.6 Å². The zero-order chi connectivity index (χ0) is 11.5. The van der Waals surface area contributed by atoms with Gasteiger partial charge in [-0.2, -0.15) is 0 Å². The van der Waals surface area contributed by atoms with Gasteiger partial charge in [0.1, 0.15) is 5.75 Å². The predicted octanol–water partition coefficient (Wildman–Crippen LogP) is 3.42. The first-order valence-electron chi connectivity index (χ1n) is 5.88. The molecule has 0 spiro atoms. The van der Waals surface area contributed by atoms with Gasteiger partial charge in [0.15, 0.2) is 0 Å². The Labute approximate surface area is 102 Å². The highest BCUT2D eigenvalue weighted by Crippen LogP contribution is 2.25. The molecule has 1 saturated heterocycles. The third kappa shape index (κ3) is 2.69. The van der Waals surface area contributed by atoms with Gasteiger partial charge < -0.3 is 5.11 Å². The van der Waals surface area contributed by atoms with Crippen molar-refractivity contribution in [1.29, 1.82) is 0 Å². The smallest absolute Gasteiger partial charge is 0.134 e. The summed E-state index contributed by atoms with van der Waals surface area (Å²) in [5.41, 5.74) is 1.18. The minimum absolute atomic E-state index is 0.164. The Balaban J connectivity index is 2.05. The Bertz CT molecular complexity index is 367. The molecule has 1 unspecified atom stereocenters. The van der Waals surface area contributed by atoms with Crippen LogP contribution >= 0.6 is 11.6 Å². The van der Waals surface area contributed by atoms with E-state index in [2.05, 4.69) is 11.8 Å². The molecule has 16 heavy (non-hydrogen) atoms. The van der Waals surface area contributed by atoms with Crippen LogP contribution in [0.5, 0.6) is 5.75 Å². The topological polar surface area (TPSA) is 23.5 Å². The molecule has 1 N–H and O–H groups in total. The molecule has 3 heteroatoms. The summed E-state index contributed by atoms with van der Waals surface area (Å²) in [7, 11) is 0. The number of benzene rings is 1. The Morgan fingerprint density at radius 3 is 2.94 bits per heavy atom. The summed E-state index contributed by atoms with van der Waals surface area (Å²) in [5.74, 6) is 0.164. The van der Waals surface area contributed by atoms with Crippen LogP contribution in [-0.4, -0.2) is 22.6 Å². The molecule has 0 bridgehead atoms. The van der Waals surface area contributed by atoms with Crippen molar-refractivity contribution in [2.75, 3.05) is 6.54 Å². The van der Waals surface area contributed by atoms with E-state index in [1.807, 2.05) is 12.1 Å². The molecule has 0 radical (unpaired) electrons. The second-order valence-corrected chi connectivity index (χ2v) is 5.01. The van der Waals surface area contributed by atoms with Crippen LogP contribution in [-0.2, 0) is 6.54 Å². The average Bonchev–Trinajstić information content (AvgIpc) is 2.27. The number of phenols is 1. The summed E-state index contributed by atoms with van der Waals surface area (Å²) >= 11 is 5.90. The molecule has 88 valence electrons. The fourth-order valence-corrected chi connectivity index (χ4v) is 2.48. The normalized spacial score (nSPS) is 22.2. The summed E-state index contributed by atoms with van der Waals surface area (Å²) in [6.45, 7) is 4.38. The maximum atomic E-state index is 9.36. The van der Waals surface area contributed by atoms with Gasteiger partial charge in [0.25, 0.3) is 0 Å². The van der Waals surface area contributed by atoms with Gasteiger partial charge in [-0.3, -0.25) is 4.90 Å². The van der Waals surface area contributed by atoms with Crippen molar-refractivity contribution in [3.63, 3.8) is 0 Å². The lowest BCUT2D eigenvalue weighted by molar-refractivity contribution is 0.152. The standard InChI is InChI=1S/C13H18ClNO/c1-10-4-2-3-7-15(10)9-11-5-6-13(16)12(14)8-11/h5-6,8,10,16H,2-4,7,9H2,1H3. The van der Waals surface area contributed by atoms with Crippen molar-refractivity contribution in [2.45, 2.75) is 38.8 Å². The third-order valence-corrected chi connectivity index (χ3v) is 3.64. The molecular formula is C13H18ClNO. The van der Waals surface area contributed by atoms with Crippen LogP contribution in [0.2, 0.25) is 5.02 Å². The minimum atomic E-state index is 0.164. The van der Waals surface area contributed by atoms with Crippen molar-refractivity contribution in [2.24, 2.45) is 0 Å². The van der Waals surface area contributed by atoms with Crippen LogP contribution in [0.4, 0.5) is 0 Å². The molecule has 1 aliphatic heterocycles. The van der Waals surface area contributed by atoms with Crippen LogP contribution in [0.25, 0.3) is 0 Å². The van der Waals surface area contributed by atoms with Gasteiger partial charge in [0, 0.05) is 12.6 Å². The molecular weight excluding hydrogens is 222 g/mol. The minimum Gasteiger partial charge on any atom is -0.506 e. The number of halogens is 1. The van der Waals surface area contributed by atoms with E-state index >= 15 is 0 Å². The molecule has 1 heterocycles. The van der Waals surface area contributed by atoms with E-state index in [0.717, 1.165) is 6.54 Å². The Morgan fingerprint density at radius 2 is 2.25 bits per heavy atom. The largest absolute Gasteiger partial charge is 0.506 e. The van der Waals surface area contributed by atoms with E-state index < -0.39 is 0 Å². The lowest BCUT2D eigenvalue weighted by Gasteiger charge is -2.33. The van der Waals surface area contributed by atoms with E-state index in [9.17, 15) is 5.11 Å². The fraction of sp³-hybridized carbons (Fsp3) is 0.538. The fourth-order valence-electron chi connectivity index (χ4n) is 2.28. The molecule has 0 amide bonds. The molecule has 1 aromatic carbocycles. The first kappa shape index (κ1) is 11.7. The second kappa shape index (κ2) is 5.07. The number of hydrogen-bond donors (Lipinski definition) is 1. The van der Waals surface area contributed by atoms with Gasteiger partial charge in [-0.05, 0) is 44.0 Å². The predicted molar refractivity (Wildman–Crippen MR) is 66.8 cm³/mol. The van der Waals surface area contributed by atoms with E-state index in [-0.39, 0.29) is 5.75 Å². The van der Waals surface area contributed by atoms with Crippen molar-refractivity contribution >= 4 is 11.6 Å². The van der Waals surface area contributed by atoms with Crippen LogP contribution in [0.15, 0.2) is 18.2 Å². The van der Waals surface area contributed by atoms with Crippen LogP contribution in [0, 0.1) is 0 Å². The first-order valence-corrected chi connectivity index (χ1v) is 6.26. The number of likely N-dealkylation sites (tertiary alicyclic amines) is 1. The molecule has 2 nitrogen and oxygen atoms in total. The van der Waals surface area contributed by atoms with Crippen molar-refractivity contribution in [3.8, 4) is 5.75 Å². The highest BCUT2D eigenvalue weighted by atomic mass is 35.5.